The van der Waals surface area contributed by atoms with Gasteiger partial charge in [0.15, 0.2) is 0 Å². The maximum absolute atomic E-state index is 10.9. The Balaban J connectivity index is 2.97. The number of anilines is 1. The molecule has 0 unspecified atom stereocenters. The van der Waals surface area contributed by atoms with E-state index in [0.29, 0.717) is 12.1 Å². The number of rotatable bonds is 4. The van der Waals surface area contributed by atoms with Crippen LogP contribution in [0.25, 0.3) is 0 Å². The van der Waals surface area contributed by atoms with Gasteiger partial charge in [-0.25, -0.2) is 0 Å². The molecule has 1 aromatic heterocycles. The number of primary amides is 1. The first-order chi connectivity index (χ1) is 6.93. The predicted octanol–water partition coefficient (Wildman–Crippen LogP) is 1.26. The van der Waals surface area contributed by atoms with E-state index in [1.807, 2.05) is 0 Å². The van der Waals surface area contributed by atoms with Crippen molar-refractivity contribution in [3.63, 3.8) is 0 Å². The SMILES string of the molecule is CC(C)N(c1nnc(C(N)=O)s1)C(C)C. The van der Waals surface area contributed by atoms with Gasteiger partial charge in [-0.1, -0.05) is 11.3 Å². The van der Waals surface area contributed by atoms with Crippen LogP contribution in [0.3, 0.4) is 0 Å². The van der Waals surface area contributed by atoms with Gasteiger partial charge in [0.25, 0.3) is 5.91 Å². The zero-order chi connectivity index (χ0) is 11.6. The third-order valence-electron chi connectivity index (χ3n) is 1.96. The van der Waals surface area contributed by atoms with Gasteiger partial charge >= 0.3 is 0 Å². The van der Waals surface area contributed by atoms with E-state index in [1.165, 1.54) is 11.3 Å². The van der Waals surface area contributed by atoms with Gasteiger partial charge in [0.1, 0.15) is 0 Å². The minimum absolute atomic E-state index is 0.260. The first-order valence-electron chi connectivity index (χ1n) is 4.85. The molecular weight excluding hydrogens is 212 g/mol. The van der Waals surface area contributed by atoms with Crippen LogP contribution in [0, 0.1) is 0 Å². The fourth-order valence-corrected chi connectivity index (χ4v) is 2.42. The molecule has 0 aromatic carbocycles. The van der Waals surface area contributed by atoms with Crippen LogP contribution in [0.2, 0.25) is 0 Å². The van der Waals surface area contributed by atoms with E-state index >= 15 is 0 Å². The van der Waals surface area contributed by atoms with Crippen LogP contribution in [0.1, 0.15) is 37.5 Å². The Bertz CT molecular complexity index is 340. The average molecular weight is 228 g/mol. The molecule has 6 heteroatoms. The maximum atomic E-state index is 10.9. The summed E-state index contributed by atoms with van der Waals surface area (Å²) in [5, 5.41) is 8.73. The van der Waals surface area contributed by atoms with E-state index in [0.717, 1.165) is 5.13 Å². The Morgan fingerprint density at radius 2 is 1.80 bits per heavy atom. The maximum Gasteiger partial charge on any atom is 0.279 e. The molecule has 0 bridgehead atoms. The second kappa shape index (κ2) is 4.57. The molecule has 0 aliphatic heterocycles. The molecule has 84 valence electrons. The Morgan fingerprint density at radius 3 is 2.13 bits per heavy atom. The summed E-state index contributed by atoms with van der Waals surface area (Å²) in [5.41, 5.74) is 5.13. The van der Waals surface area contributed by atoms with Gasteiger partial charge in [-0.05, 0) is 27.7 Å². The standard InChI is InChI=1S/C9H16N4OS/c1-5(2)13(6(3)4)9-12-11-8(15-9)7(10)14/h5-6H,1-4H3,(H2,10,14). The van der Waals surface area contributed by atoms with Gasteiger partial charge in [-0.3, -0.25) is 4.79 Å². The first kappa shape index (κ1) is 11.9. The molecule has 2 N–H and O–H groups in total. The highest BCUT2D eigenvalue weighted by Gasteiger charge is 2.19. The van der Waals surface area contributed by atoms with Crippen molar-refractivity contribution in [2.45, 2.75) is 39.8 Å². The van der Waals surface area contributed by atoms with E-state index in [1.54, 1.807) is 0 Å². The van der Waals surface area contributed by atoms with Gasteiger partial charge in [-0.2, -0.15) is 0 Å². The van der Waals surface area contributed by atoms with Crippen LogP contribution < -0.4 is 10.6 Å². The molecule has 0 saturated heterocycles. The van der Waals surface area contributed by atoms with Gasteiger partial charge < -0.3 is 10.6 Å². The number of nitrogens with two attached hydrogens (primary N) is 1. The molecule has 0 spiro atoms. The Morgan fingerprint density at radius 1 is 1.27 bits per heavy atom. The summed E-state index contributed by atoms with van der Waals surface area (Å²) >= 11 is 1.23. The third kappa shape index (κ3) is 2.65. The van der Waals surface area contributed by atoms with Crippen molar-refractivity contribution in [2.24, 2.45) is 5.73 Å². The number of amides is 1. The van der Waals surface area contributed by atoms with Crippen molar-refractivity contribution in [1.82, 2.24) is 10.2 Å². The van der Waals surface area contributed by atoms with Crippen LogP contribution >= 0.6 is 11.3 Å². The number of hydrogen-bond donors (Lipinski definition) is 1. The highest BCUT2D eigenvalue weighted by atomic mass is 32.1. The van der Waals surface area contributed by atoms with Crippen molar-refractivity contribution in [2.75, 3.05) is 4.90 Å². The molecule has 0 radical (unpaired) electrons. The predicted molar refractivity (Wildman–Crippen MR) is 61.2 cm³/mol. The molecule has 0 aliphatic carbocycles. The number of nitrogens with zero attached hydrogens (tertiary/aromatic N) is 3. The summed E-state index contributed by atoms with van der Waals surface area (Å²) in [5.74, 6) is -0.522. The van der Waals surface area contributed by atoms with E-state index in [4.69, 9.17) is 5.73 Å². The van der Waals surface area contributed by atoms with Crippen molar-refractivity contribution in [3.8, 4) is 0 Å². The highest BCUT2D eigenvalue weighted by molar-refractivity contribution is 7.17. The molecule has 0 saturated carbocycles. The Kier molecular flexibility index (Phi) is 3.62. The molecular formula is C9H16N4OS. The van der Waals surface area contributed by atoms with Gasteiger partial charge in [0.2, 0.25) is 10.1 Å². The Labute approximate surface area is 93.3 Å². The zero-order valence-electron chi connectivity index (χ0n) is 9.39. The molecule has 0 aliphatic rings. The fraction of sp³-hybridized carbons (Fsp3) is 0.667. The summed E-state index contributed by atoms with van der Waals surface area (Å²) in [4.78, 5) is 13.0. The van der Waals surface area contributed by atoms with E-state index in [9.17, 15) is 4.79 Å². The number of carbonyl (C=O) groups excluding carboxylic acids is 1. The summed E-state index contributed by atoms with van der Waals surface area (Å²) in [7, 11) is 0. The minimum atomic E-state index is -0.522. The highest BCUT2D eigenvalue weighted by Crippen LogP contribution is 2.23. The van der Waals surface area contributed by atoms with Crippen LogP contribution in [0.5, 0.6) is 0 Å². The van der Waals surface area contributed by atoms with Gasteiger partial charge in [0, 0.05) is 12.1 Å². The molecule has 0 fully saturated rings. The molecule has 1 heterocycles. The largest absolute Gasteiger partial charge is 0.363 e. The minimum Gasteiger partial charge on any atom is -0.363 e. The monoisotopic (exact) mass is 228 g/mol. The topological polar surface area (TPSA) is 72.1 Å². The third-order valence-corrected chi connectivity index (χ3v) is 2.91. The lowest BCUT2D eigenvalue weighted by atomic mass is 10.2. The number of carbonyl (C=O) groups is 1. The quantitative estimate of drug-likeness (QED) is 0.842. The summed E-state index contributed by atoms with van der Waals surface area (Å²) in [6, 6.07) is 0.636. The zero-order valence-corrected chi connectivity index (χ0v) is 10.2. The van der Waals surface area contributed by atoms with E-state index < -0.39 is 5.91 Å². The lowest BCUT2D eigenvalue weighted by Gasteiger charge is -2.29. The van der Waals surface area contributed by atoms with E-state index in [-0.39, 0.29) is 5.01 Å². The van der Waals surface area contributed by atoms with Crippen LogP contribution in [-0.4, -0.2) is 28.2 Å². The lowest BCUT2D eigenvalue weighted by molar-refractivity contribution is 0.0999. The number of hydrogen-bond acceptors (Lipinski definition) is 5. The van der Waals surface area contributed by atoms with Crippen LogP contribution in [0.15, 0.2) is 0 Å². The van der Waals surface area contributed by atoms with Gasteiger partial charge in [-0.15, -0.1) is 10.2 Å². The van der Waals surface area contributed by atoms with Gasteiger partial charge in [0.05, 0.1) is 0 Å². The van der Waals surface area contributed by atoms with E-state index in [2.05, 4.69) is 42.8 Å². The molecule has 15 heavy (non-hydrogen) atoms. The molecule has 5 nitrogen and oxygen atoms in total. The fourth-order valence-electron chi connectivity index (χ4n) is 1.46. The molecule has 1 aromatic rings. The molecule has 1 rings (SSSR count). The summed E-state index contributed by atoms with van der Waals surface area (Å²) in [6.07, 6.45) is 0. The van der Waals surface area contributed by atoms with Crippen LogP contribution in [0.4, 0.5) is 5.13 Å². The second-order valence-corrected chi connectivity index (χ2v) is 4.80. The number of aromatic nitrogens is 2. The molecule has 1 amide bonds. The van der Waals surface area contributed by atoms with Crippen molar-refractivity contribution >= 4 is 22.4 Å². The molecule has 0 atom stereocenters. The van der Waals surface area contributed by atoms with Crippen molar-refractivity contribution in [3.05, 3.63) is 5.01 Å². The van der Waals surface area contributed by atoms with Crippen LogP contribution in [-0.2, 0) is 0 Å². The average Bonchev–Trinajstić information content (AvgIpc) is 2.51. The van der Waals surface area contributed by atoms with Crippen molar-refractivity contribution < 1.29 is 4.79 Å². The van der Waals surface area contributed by atoms with Crippen molar-refractivity contribution in [1.29, 1.82) is 0 Å². The summed E-state index contributed by atoms with van der Waals surface area (Å²) < 4.78 is 0. The second-order valence-electron chi connectivity index (χ2n) is 3.85. The summed E-state index contributed by atoms with van der Waals surface area (Å²) in [6.45, 7) is 8.30. The Hall–Kier alpha value is -1.17. The normalized spacial score (nSPS) is 11.1. The lowest BCUT2D eigenvalue weighted by Crippen LogP contribution is -2.36. The smallest absolute Gasteiger partial charge is 0.279 e. The first-order valence-corrected chi connectivity index (χ1v) is 5.66.